The second-order valence-electron chi connectivity index (χ2n) is 7.29. The Bertz CT molecular complexity index is 972. The van der Waals surface area contributed by atoms with Crippen LogP contribution in [-0.4, -0.2) is 60.3 Å². The molecule has 0 N–H and O–H groups in total. The molecule has 7 nitrogen and oxygen atoms in total. The van der Waals surface area contributed by atoms with Crippen LogP contribution in [0.25, 0.3) is 0 Å². The van der Waals surface area contributed by atoms with E-state index in [4.69, 9.17) is 21.1 Å². The first-order valence-corrected chi connectivity index (χ1v) is 11.8. The number of halogens is 1. The Morgan fingerprint density at radius 1 is 1.22 bits per heavy atom. The second-order valence-corrected chi connectivity index (χ2v) is 8.53. The first-order valence-electron chi connectivity index (χ1n) is 10.6. The number of nitrogens with zero attached hydrogens (tertiary/aromatic N) is 3. The molecular weight excluding hydrogens is 450 g/mol. The van der Waals surface area contributed by atoms with Gasteiger partial charge in [-0.15, -0.1) is 0 Å². The first-order chi connectivity index (χ1) is 15.4. The van der Waals surface area contributed by atoms with Gasteiger partial charge in [0.25, 0.3) is 0 Å². The van der Waals surface area contributed by atoms with E-state index in [2.05, 4.69) is 4.99 Å². The monoisotopic (exact) mass is 477 g/mol. The molecule has 0 spiro atoms. The van der Waals surface area contributed by atoms with Gasteiger partial charge in [-0.1, -0.05) is 41.6 Å². The van der Waals surface area contributed by atoms with Crippen LogP contribution < -0.4 is 0 Å². The Kier molecular flexibility index (Phi) is 8.39. The minimum atomic E-state index is -0.544. The fraction of sp³-hybridized carbons (Fsp3) is 0.435. The van der Waals surface area contributed by atoms with Gasteiger partial charge in [-0.05, 0) is 37.8 Å². The minimum absolute atomic E-state index is 0.0245. The molecule has 0 bridgehead atoms. The summed E-state index contributed by atoms with van der Waals surface area (Å²) in [5, 5.41) is 3.17. The van der Waals surface area contributed by atoms with Crippen molar-refractivity contribution in [1.82, 2.24) is 9.80 Å². The van der Waals surface area contributed by atoms with Crippen molar-refractivity contribution in [3.63, 3.8) is 0 Å². The third kappa shape index (κ3) is 5.03. The molecule has 172 valence electrons. The van der Waals surface area contributed by atoms with Gasteiger partial charge in [0.05, 0.1) is 30.3 Å². The second kappa shape index (κ2) is 11.0. The van der Waals surface area contributed by atoms with Crippen molar-refractivity contribution in [2.24, 2.45) is 4.99 Å². The number of hydrogen-bond donors (Lipinski definition) is 0. The number of allylic oxidation sites excluding steroid dienone is 1. The zero-order chi connectivity index (χ0) is 23.3. The molecule has 1 aromatic rings. The summed E-state index contributed by atoms with van der Waals surface area (Å²) in [5.41, 5.74) is 2.51. The Labute approximate surface area is 198 Å². The van der Waals surface area contributed by atoms with Gasteiger partial charge in [0.15, 0.2) is 5.17 Å². The number of carbonyl (C=O) groups is 2. The summed E-state index contributed by atoms with van der Waals surface area (Å²) in [6.45, 7) is 7.42. The molecule has 2 aliphatic heterocycles. The van der Waals surface area contributed by atoms with Gasteiger partial charge in [-0.2, -0.15) is 0 Å². The molecule has 1 atom stereocenters. The smallest absolute Gasteiger partial charge is 0.338 e. The van der Waals surface area contributed by atoms with Crippen LogP contribution in [0.1, 0.15) is 38.8 Å². The van der Waals surface area contributed by atoms with Crippen LogP contribution in [0.3, 0.4) is 0 Å². The maximum absolute atomic E-state index is 13.1. The maximum atomic E-state index is 13.1. The van der Waals surface area contributed by atoms with Crippen molar-refractivity contribution in [1.29, 1.82) is 0 Å². The average molecular weight is 478 g/mol. The number of hydrogen-bond acceptors (Lipinski definition) is 7. The largest absolute Gasteiger partial charge is 0.460 e. The summed E-state index contributed by atoms with van der Waals surface area (Å²) >= 11 is 8.02. The van der Waals surface area contributed by atoms with Gasteiger partial charge in [0.1, 0.15) is 6.61 Å². The molecule has 1 unspecified atom stereocenters. The van der Waals surface area contributed by atoms with E-state index in [9.17, 15) is 9.59 Å². The number of esters is 1. The van der Waals surface area contributed by atoms with Crippen LogP contribution in [-0.2, 0) is 19.1 Å². The van der Waals surface area contributed by atoms with E-state index in [1.807, 2.05) is 42.4 Å². The number of carbonyl (C=O) groups excluding carboxylic acids is 2. The molecule has 32 heavy (non-hydrogen) atoms. The van der Waals surface area contributed by atoms with Crippen LogP contribution in [0.2, 0.25) is 5.02 Å². The van der Waals surface area contributed by atoms with Crippen LogP contribution in [0.5, 0.6) is 0 Å². The summed E-state index contributed by atoms with van der Waals surface area (Å²) < 4.78 is 10.5. The number of amides is 1. The Hall–Kier alpha value is -2.29. The van der Waals surface area contributed by atoms with Crippen molar-refractivity contribution >= 4 is 40.4 Å². The van der Waals surface area contributed by atoms with Gasteiger partial charge in [-0.25, -0.2) is 9.79 Å². The summed E-state index contributed by atoms with van der Waals surface area (Å²) in [4.78, 5) is 34.4. The molecular formula is C23H28ClN3O4S. The number of benzene rings is 1. The quantitative estimate of drug-likeness (QED) is 0.388. The fourth-order valence-corrected chi connectivity index (χ4v) is 4.96. The number of amidine groups is 1. The lowest BCUT2D eigenvalue weighted by Gasteiger charge is -2.37. The Morgan fingerprint density at radius 2 is 1.94 bits per heavy atom. The van der Waals surface area contributed by atoms with E-state index < -0.39 is 12.0 Å². The number of aliphatic imine (C=N–C) groups is 1. The zero-order valence-electron chi connectivity index (χ0n) is 18.8. The number of rotatable bonds is 9. The summed E-state index contributed by atoms with van der Waals surface area (Å²) in [7, 11) is 1.55. The standard InChI is InChI=1S/C23H28ClN3O4S/c1-5-26(6-2)19(28)13-16-14-32-23-25-15(3)20(22(29)31-12-11-30-4)21(27(16)23)17-9-7-8-10-18(17)24/h7-10,14,21H,5-6,11-13H2,1-4H3. The number of methoxy groups -OCH3 is 1. The number of thioether (sulfide) groups is 1. The van der Waals surface area contributed by atoms with Gasteiger partial charge in [0, 0.05) is 30.9 Å². The van der Waals surface area contributed by atoms with Gasteiger partial charge >= 0.3 is 5.97 Å². The predicted molar refractivity (Wildman–Crippen MR) is 127 cm³/mol. The molecule has 9 heteroatoms. The molecule has 0 fully saturated rings. The highest BCUT2D eigenvalue weighted by Crippen LogP contribution is 2.46. The number of fused-ring (bicyclic) bond motifs is 1. The van der Waals surface area contributed by atoms with Crippen LogP contribution >= 0.6 is 23.4 Å². The topological polar surface area (TPSA) is 71.4 Å². The van der Waals surface area contributed by atoms with Crippen LogP contribution in [0.4, 0.5) is 0 Å². The van der Waals surface area contributed by atoms with Gasteiger partial charge in [-0.3, -0.25) is 4.79 Å². The predicted octanol–water partition coefficient (Wildman–Crippen LogP) is 4.36. The molecule has 1 amide bonds. The van der Waals surface area contributed by atoms with Crippen molar-refractivity contribution in [3.8, 4) is 0 Å². The van der Waals surface area contributed by atoms with Crippen molar-refractivity contribution in [3.05, 3.63) is 57.2 Å². The van der Waals surface area contributed by atoms with E-state index in [1.165, 1.54) is 11.8 Å². The molecule has 2 heterocycles. The lowest BCUT2D eigenvalue weighted by molar-refractivity contribution is -0.141. The Morgan fingerprint density at radius 3 is 2.59 bits per heavy atom. The number of ether oxygens (including phenoxy) is 2. The summed E-state index contributed by atoms with van der Waals surface area (Å²) in [5.74, 6) is -0.449. The Balaban J connectivity index is 2.01. The van der Waals surface area contributed by atoms with Crippen molar-refractivity contribution in [2.45, 2.75) is 33.2 Å². The van der Waals surface area contributed by atoms with Crippen molar-refractivity contribution in [2.75, 3.05) is 33.4 Å². The molecule has 0 aromatic heterocycles. The minimum Gasteiger partial charge on any atom is -0.460 e. The van der Waals surface area contributed by atoms with Gasteiger partial charge in [0.2, 0.25) is 5.91 Å². The van der Waals surface area contributed by atoms with E-state index in [1.54, 1.807) is 25.0 Å². The third-order valence-electron chi connectivity index (χ3n) is 5.39. The van der Waals surface area contributed by atoms with E-state index >= 15 is 0 Å². The molecule has 0 radical (unpaired) electrons. The van der Waals surface area contributed by atoms with E-state index in [-0.39, 0.29) is 18.9 Å². The highest BCUT2D eigenvalue weighted by molar-refractivity contribution is 8.16. The van der Waals surface area contributed by atoms with E-state index in [0.717, 1.165) is 11.3 Å². The zero-order valence-corrected chi connectivity index (χ0v) is 20.3. The molecule has 0 saturated heterocycles. The highest BCUT2D eigenvalue weighted by atomic mass is 35.5. The molecule has 0 saturated carbocycles. The normalized spacial score (nSPS) is 17.7. The highest BCUT2D eigenvalue weighted by Gasteiger charge is 2.42. The molecule has 1 aromatic carbocycles. The van der Waals surface area contributed by atoms with Crippen LogP contribution in [0.15, 0.2) is 51.6 Å². The molecule has 0 aliphatic carbocycles. The average Bonchev–Trinajstić information content (AvgIpc) is 3.16. The maximum Gasteiger partial charge on any atom is 0.338 e. The lowest BCUT2D eigenvalue weighted by Crippen LogP contribution is -2.39. The van der Waals surface area contributed by atoms with Crippen LogP contribution in [0, 0.1) is 0 Å². The fourth-order valence-electron chi connectivity index (χ4n) is 3.76. The summed E-state index contributed by atoms with van der Waals surface area (Å²) in [6.07, 6.45) is 0.208. The molecule has 3 rings (SSSR count). The third-order valence-corrected chi connectivity index (χ3v) is 6.62. The van der Waals surface area contributed by atoms with Crippen molar-refractivity contribution < 1.29 is 19.1 Å². The van der Waals surface area contributed by atoms with Gasteiger partial charge < -0.3 is 19.3 Å². The summed E-state index contributed by atoms with van der Waals surface area (Å²) in [6, 6.07) is 6.86. The lowest BCUT2D eigenvalue weighted by atomic mass is 9.93. The van der Waals surface area contributed by atoms with E-state index in [0.29, 0.717) is 41.2 Å². The SMILES string of the molecule is CCN(CC)C(=O)CC1=CSC2=NC(C)=C(C(=O)OCCOC)C(c3ccccc3Cl)N12. The molecule has 2 aliphatic rings. The first kappa shape index (κ1) is 24.4.